The van der Waals surface area contributed by atoms with Crippen LogP contribution in [0.15, 0.2) is 70.7 Å². The van der Waals surface area contributed by atoms with Crippen molar-refractivity contribution < 1.29 is 14.7 Å². The molecule has 2 N–H and O–H groups in total. The lowest BCUT2D eigenvalue weighted by atomic mass is 10.1. The third-order valence-electron chi connectivity index (χ3n) is 4.65. The number of carboxylic acids is 1. The van der Waals surface area contributed by atoms with E-state index in [0.29, 0.717) is 23.8 Å². The fraction of sp³-hybridized carbons (Fsp3) is 0.136. The Morgan fingerprint density at radius 3 is 2.79 bits per heavy atom. The van der Waals surface area contributed by atoms with Gasteiger partial charge >= 0.3 is 5.97 Å². The number of carbonyl (C=O) groups is 2. The molecule has 0 spiro atoms. The SMILES string of the molecule is Cc1ccc2[nH]cc(CCN3C(=O)/C(=C\C(=O)O)SC3=Nc3ccccc3)c2c1. The molecule has 0 radical (unpaired) electrons. The lowest BCUT2D eigenvalue weighted by Gasteiger charge is -2.15. The summed E-state index contributed by atoms with van der Waals surface area (Å²) in [5.74, 6) is -1.48. The second-order valence-corrected chi connectivity index (χ2v) is 7.76. The van der Waals surface area contributed by atoms with E-state index in [9.17, 15) is 9.59 Å². The molecule has 6 nitrogen and oxygen atoms in total. The average molecular weight is 405 g/mol. The number of nitrogens with one attached hydrogen (secondary N) is 1. The molecule has 1 fully saturated rings. The topological polar surface area (TPSA) is 85.8 Å². The molecule has 1 aliphatic heterocycles. The smallest absolute Gasteiger partial charge is 0.329 e. The van der Waals surface area contributed by atoms with E-state index in [-0.39, 0.29) is 10.8 Å². The number of benzene rings is 2. The highest BCUT2D eigenvalue weighted by Gasteiger charge is 2.33. The van der Waals surface area contributed by atoms with E-state index in [0.717, 1.165) is 34.3 Å². The molecule has 0 saturated carbocycles. The molecular formula is C22H19N3O3S. The predicted molar refractivity (Wildman–Crippen MR) is 115 cm³/mol. The molecule has 2 heterocycles. The second-order valence-electron chi connectivity index (χ2n) is 6.75. The number of thioether (sulfide) groups is 1. The molecule has 0 atom stereocenters. The number of aromatic amines is 1. The molecule has 0 bridgehead atoms. The number of H-pyrrole nitrogens is 1. The Morgan fingerprint density at radius 1 is 1.24 bits per heavy atom. The van der Waals surface area contributed by atoms with E-state index < -0.39 is 5.97 Å². The number of hydrogen-bond donors (Lipinski definition) is 2. The number of amides is 1. The third-order valence-corrected chi connectivity index (χ3v) is 5.66. The summed E-state index contributed by atoms with van der Waals surface area (Å²) in [6.45, 7) is 2.46. The van der Waals surface area contributed by atoms with Gasteiger partial charge in [0.15, 0.2) is 5.17 Å². The first kappa shape index (κ1) is 19.0. The van der Waals surface area contributed by atoms with Crippen molar-refractivity contribution in [2.45, 2.75) is 13.3 Å². The van der Waals surface area contributed by atoms with Crippen molar-refractivity contribution in [3.05, 3.63) is 76.8 Å². The van der Waals surface area contributed by atoms with E-state index >= 15 is 0 Å². The monoisotopic (exact) mass is 405 g/mol. The second kappa shape index (κ2) is 7.97. The van der Waals surface area contributed by atoms with Crippen LogP contribution < -0.4 is 0 Å². The summed E-state index contributed by atoms with van der Waals surface area (Å²) in [6, 6.07) is 15.5. The maximum Gasteiger partial charge on any atom is 0.329 e. The van der Waals surface area contributed by atoms with Crippen molar-refractivity contribution in [3.8, 4) is 0 Å². The fourth-order valence-corrected chi connectivity index (χ4v) is 4.23. The number of hydrogen-bond acceptors (Lipinski definition) is 4. The van der Waals surface area contributed by atoms with Gasteiger partial charge in [-0.3, -0.25) is 9.69 Å². The fourth-order valence-electron chi connectivity index (χ4n) is 3.25. The number of aromatic nitrogens is 1. The summed E-state index contributed by atoms with van der Waals surface area (Å²) < 4.78 is 0. The molecule has 3 aromatic rings. The van der Waals surface area contributed by atoms with Crippen molar-refractivity contribution in [2.24, 2.45) is 4.99 Å². The quantitative estimate of drug-likeness (QED) is 0.622. The Kier molecular flexibility index (Phi) is 5.22. The van der Waals surface area contributed by atoms with E-state index in [1.54, 1.807) is 4.90 Å². The van der Waals surface area contributed by atoms with Crippen molar-refractivity contribution in [1.29, 1.82) is 0 Å². The number of carbonyl (C=O) groups excluding carboxylic acids is 1. The summed E-state index contributed by atoms with van der Waals surface area (Å²) in [5.41, 5.74) is 4.05. The standard InChI is InChI=1S/C22H19N3O3S/c1-14-7-8-18-17(11-14)15(13-23-18)9-10-25-21(28)19(12-20(26)27)29-22(25)24-16-5-3-2-4-6-16/h2-8,11-13,23H,9-10H2,1H3,(H,26,27)/b19-12+,24-22?. The van der Waals surface area contributed by atoms with Gasteiger partial charge in [0.2, 0.25) is 0 Å². The molecule has 1 aromatic heterocycles. The number of nitrogens with zero attached hydrogens (tertiary/aromatic N) is 2. The number of rotatable bonds is 5. The van der Waals surface area contributed by atoms with E-state index in [2.05, 4.69) is 22.1 Å². The first-order valence-corrected chi connectivity index (χ1v) is 9.97. The Bertz CT molecular complexity index is 1150. The number of aryl methyl sites for hydroxylation is 1. The van der Waals surface area contributed by atoms with Crippen molar-refractivity contribution in [2.75, 3.05) is 6.54 Å². The van der Waals surface area contributed by atoms with Crippen molar-refractivity contribution >= 4 is 45.4 Å². The summed E-state index contributed by atoms with van der Waals surface area (Å²) in [7, 11) is 0. The van der Waals surface area contributed by atoms with Crippen LogP contribution in [0, 0.1) is 6.92 Å². The largest absolute Gasteiger partial charge is 0.478 e. The van der Waals surface area contributed by atoms with Crippen LogP contribution in [0.1, 0.15) is 11.1 Å². The Morgan fingerprint density at radius 2 is 2.03 bits per heavy atom. The van der Waals surface area contributed by atoms with Gasteiger partial charge in [0.25, 0.3) is 5.91 Å². The molecule has 146 valence electrons. The van der Waals surface area contributed by atoms with Crippen LogP contribution in [0.4, 0.5) is 5.69 Å². The van der Waals surface area contributed by atoms with E-state index in [4.69, 9.17) is 5.11 Å². The molecular weight excluding hydrogens is 386 g/mol. The highest BCUT2D eigenvalue weighted by atomic mass is 32.2. The van der Waals surface area contributed by atoms with Crippen LogP contribution in [0.3, 0.4) is 0 Å². The summed E-state index contributed by atoms with van der Waals surface area (Å²) >= 11 is 1.09. The molecule has 7 heteroatoms. The molecule has 29 heavy (non-hydrogen) atoms. The number of aliphatic imine (C=N–C) groups is 1. The molecule has 0 unspecified atom stereocenters. The van der Waals surface area contributed by atoms with E-state index in [1.165, 1.54) is 5.56 Å². The lowest BCUT2D eigenvalue weighted by molar-refractivity contribution is -0.132. The van der Waals surface area contributed by atoms with Crippen LogP contribution in [0.2, 0.25) is 0 Å². The molecule has 1 aliphatic rings. The number of para-hydroxylation sites is 1. The normalized spacial score (nSPS) is 17.0. The Labute approximate surface area is 171 Å². The first-order chi connectivity index (χ1) is 14.0. The molecule has 0 aliphatic carbocycles. The van der Waals surface area contributed by atoms with E-state index in [1.807, 2.05) is 49.5 Å². The predicted octanol–water partition coefficient (Wildman–Crippen LogP) is 4.25. The molecule has 1 saturated heterocycles. The van der Waals surface area contributed by atoms with Gasteiger partial charge < -0.3 is 10.1 Å². The molecule has 1 amide bonds. The maximum atomic E-state index is 12.8. The average Bonchev–Trinajstić information content (AvgIpc) is 3.21. The Balaban J connectivity index is 1.63. The van der Waals surface area contributed by atoms with Crippen LogP contribution in [-0.4, -0.2) is 38.6 Å². The summed E-state index contributed by atoms with van der Waals surface area (Å²) in [6.07, 6.45) is 3.53. The zero-order valence-electron chi connectivity index (χ0n) is 15.8. The zero-order chi connectivity index (χ0) is 20.4. The summed E-state index contributed by atoms with van der Waals surface area (Å²) in [5, 5.41) is 10.7. The first-order valence-electron chi connectivity index (χ1n) is 9.16. The van der Waals surface area contributed by atoms with Gasteiger partial charge in [0.05, 0.1) is 10.6 Å². The molecule has 4 rings (SSSR count). The Hall–Kier alpha value is -3.32. The van der Waals surface area contributed by atoms with Crippen LogP contribution >= 0.6 is 11.8 Å². The minimum absolute atomic E-state index is 0.168. The summed E-state index contributed by atoms with van der Waals surface area (Å²) in [4.78, 5) is 33.4. The highest BCUT2D eigenvalue weighted by Crippen LogP contribution is 2.33. The van der Waals surface area contributed by atoms with Crippen LogP contribution in [0.5, 0.6) is 0 Å². The van der Waals surface area contributed by atoms with Crippen LogP contribution in [0.25, 0.3) is 10.9 Å². The maximum absolute atomic E-state index is 12.8. The van der Waals surface area contributed by atoms with Crippen molar-refractivity contribution in [3.63, 3.8) is 0 Å². The minimum atomic E-state index is -1.14. The highest BCUT2D eigenvalue weighted by molar-refractivity contribution is 8.18. The van der Waals surface area contributed by atoms with Gasteiger partial charge in [0.1, 0.15) is 0 Å². The van der Waals surface area contributed by atoms with Gasteiger partial charge in [-0.1, -0.05) is 29.8 Å². The number of aliphatic carboxylic acids is 1. The van der Waals surface area contributed by atoms with Gasteiger partial charge in [0, 0.05) is 29.7 Å². The van der Waals surface area contributed by atoms with Crippen molar-refractivity contribution in [1.82, 2.24) is 9.88 Å². The minimum Gasteiger partial charge on any atom is -0.478 e. The lowest BCUT2D eigenvalue weighted by Crippen LogP contribution is -2.31. The number of amidine groups is 1. The van der Waals surface area contributed by atoms with Gasteiger partial charge in [-0.05, 0) is 54.9 Å². The third kappa shape index (κ3) is 4.09. The number of carboxylic acid groups (broad SMARTS) is 1. The van der Waals surface area contributed by atoms with Crippen LogP contribution in [-0.2, 0) is 16.0 Å². The zero-order valence-corrected chi connectivity index (χ0v) is 16.6. The van der Waals surface area contributed by atoms with Gasteiger partial charge in [-0.15, -0.1) is 0 Å². The van der Waals surface area contributed by atoms with Gasteiger partial charge in [-0.2, -0.15) is 0 Å². The molecule has 2 aromatic carbocycles. The van der Waals surface area contributed by atoms with Gasteiger partial charge in [-0.25, -0.2) is 9.79 Å². The number of fused-ring (bicyclic) bond motifs is 1.